The molecule has 1 N–H and O–H groups in total. The van der Waals surface area contributed by atoms with Gasteiger partial charge in [0.25, 0.3) is 0 Å². The molecule has 0 saturated heterocycles. The van der Waals surface area contributed by atoms with Crippen LogP contribution < -0.4 is 5.32 Å². The second-order valence-electron chi connectivity index (χ2n) is 9.25. The summed E-state index contributed by atoms with van der Waals surface area (Å²) in [6.45, 7) is 5.83. The van der Waals surface area contributed by atoms with E-state index in [0.717, 1.165) is 25.7 Å². The van der Waals surface area contributed by atoms with Gasteiger partial charge in [-0.2, -0.15) is 0 Å². The maximum absolute atomic E-state index is 12.1. The van der Waals surface area contributed by atoms with Crippen LogP contribution in [0.4, 0.5) is 0 Å². The van der Waals surface area contributed by atoms with Crippen molar-refractivity contribution < 1.29 is 14.3 Å². The van der Waals surface area contributed by atoms with Gasteiger partial charge >= 0.3 is 5.97 Å². The number of nitrogens with one attached hydrogen (secondary N) is 1. The molecule has 184 valence electrons. The zero-order valence-electron chi connectivity index (χ0n) is 20.9. The number of hydrogen-bond donors (Lipinski definition) is 1. The van der Waals surface area contributed by atoms with Gasteiger partial charge in [0.2, 0.25) is 6.41 Å². The summed E-state index contributed by atoms with van der Waals surface area (Å²) in [5.41, 5.74) is 0. The number of carbonyl (C=O) groups excluding carboxylic acids is 2. The first-order valence-corrected chi connectivity index (χ1v) is 13.6. The summed E-state index contributed by atoms with van der Waals surface area (Å²) in [6, 6.07) is 0. The molecule has 0 spiro atoms. The molecule has 0 bridgehead atoms. The molecular weight excluding hydrogens is 386 g/mol. The van der Waals surface area contributed by atoms with E-state index in [9.17, 15) is 9.59 Å². The Bertz CT molecular complexity index is 387. The number of rotatable bonds is 25. The summed E-state index contributed by atoms with van der Waals surface area (Å²) < 4.78 is 5.64. The van der Waals surface area contributed by atoms with E-state index in [1.165, 1.54) is 103 Å². The molecule has 0 saturated carbocycles. The van der Waals surface area contributed by atoms with Crippen molar-refractivity contribution in [2.24, 2.45) is 5.92 Å². The van der Waals surface area contributed by atoms with Crippen molar-refractivity contribution in [1.29, 1.82) is 0 Å². The summed E-state index contributed by atoms with van der Waals surface area (Å²) in [6.07, 6.45) is 25.1. The van der Waals surface area contributed by atoms with Gasteiger partial charge in [-0.25, -0.2) is 0 Å². The molecule has 0 aromatic carbocycles. The monoisotopic (exact) mass is 439 g/mol. The highest BCUT2D eigenvalue weighted by atomic mass is 16.5. The lowest BCUT2D eigenvalue weighted by Gasteiger charge is -2.17. The van der Waals surface area contributed by atoms with E-state index < -0.39 is 0 Å². The van der Waals surface area contributed by atoms with Crippen LogP contribution >= 0.6 is 0 Å². The molecule has 1 amide bonds. The highest BCUT2D eigenvalue weighted by Crippen LogP contribution is 2.20. The van der Waals surface area contributed by atoms with E-state index in [1.54, 1.807) is 0 Å². The van der Waals surface area contributed by atoms with Crippen molar-refractivity contribution in [2.45, 2.75) is 142 Å². The van der Waals surface area contributed by atoms with E-state index in [0.29, 0.717) is 25.5 Å². The molecule has 1 unspecified atom stereocenters. The van der Waals surface area contributed by atoms with Crippen LogP contribution in [-0.2, 0) is 14.3 Å². The Kier molecular flexibility index (Phi) is 24.3. The van der Waals surface area contributed by atoms with Crippen molar-refractivity contribution in [1.82, 2.24) is 5.32 Å². The van der Waals surface area contributed by atoms with Crippen molar-refractivity contribution in [3.05, 3.63) is 0 Å². The molecule has 0 aromatic heterocycles. The van der Waals surface area contributed by atoms with Gasteiger partial charge in [-0.1, -0.05) is 110 Å². The van der Waals surface area contributed by atoms with E-state index >= 15 is 0 Å². The van der Waals surface area contributed by atoms with Gasteiger partial charge in [-0.15, -0.1) is 0 Å². The highest BCUT2D eigenvalue weighted by molar-refractivity contribution is 5.69. The van der Waals surface area contributed by atoms with Gasteiger partial charge in [0.1, 0.15) is 0 Å². The first kappa shape index (κ1) is 29.9. The minimum atomic E-state index is -0.0489. The van der Waals surface area contributed by atoms with Gasteiger partial charge in [0.15, 0.2) is 0 Å². The molecule has 4 heteroatoms. The molecule has 1 atom stereocenters. The van der Waals surface area contributed by atoms with Crippen molar-refractivity contribution in [2.75, 3.05) is 13.2 Å². The van der Waals surface area contributed by atoms with E-state index in [-0.39, 0.29) is 5.97 Å². The van der Waals surface area contributed by atoms with Crippen LogP contribution in [0.25, 0.3) is 0 Å². The van der Waals surface area contributed by atoms with Crippen LogP contribution in [0, 0.1) is 5.92 Å². The largest absolute Gasteiger partial charge is 0.465 e. The summed E-state index contributed by atoms with van der Waals surface area (Å²) in [5, 5.41) is 2.66. The number of ether oxygens (including phenoxy) is 1. The Morgan fingerprint density at radius 2 is 1.19 bits per heavy atom. The SMILES string of the molecule is CCCCCCCCCCC(CCCCCCCC)COC(=O)CCCCCNC=O. The number of carbonyl (C=O) groups is 2. The van der Waals surface area contributed by atoms with Gasteiger partial charge in [-0.05, 0) is 31.6 Å². The number of esters is 1. The molecule has 0 heterocycles. The standard InChI is InChI=1S/C27H53NO3/c1-3-5-7-9-11-12-14-17-21-26(20-16-13-10-8-6-4-2)24-31-27(30)22-18-15-19-23-28-25-29/h25-26H,3-24H2,1-2H3,(H,28,29). The molecule has 4 nitrogen and oxygen atoms in total. The first-order chi connectivity index (χ1) is 15.2. The lowest BCUT2D eigenvalue weighted by molar-refractivity contribution is -0.145. The predicted octanol–water partition coefficient (Wildman–Crippen LogP) is 7.73. The van der Waals surface area contributed by atoms with Gasteiger partial charge in [-0.3, -0.25) is 9.59 Å². The smallest absolute Gasteiger partial charge is 0.305 e. The molecule has 0 aliphatic carbocycles. The van der Waals surface area contributed by atoms with Gasteiger partial charge in [0.05, 0.1) is 6.61 Å². The maximum atomic E-state index is 12.1. The molecule has 0 radical (unpaired) electrons. The quantitative estimate of drug-likeness (QED) is 0.0899. The minimum absolute atomic E-state index is 0.0489. The zero-order valence-corrected chi connectivity index (χ0v) is 20.9. The highest BCUT2D eigenvalue weighted by Gasteiger charge is 2.12. The van der Waals surface area contributed by atoms with E-state index in [2.05, 4.69) is 19.2 Å². The Balaban J connectivity index is 3.99. The average molecular weight is 440 g/mol. The Morgan fingerprint density at radius 3 is 1.71 bits per heavy atom. The number of hydrogen-bond acceptors (Lipinski definition) is 3. The number of unbranched alkanes of at least 4 members (excludes halogenated alkanes) is 14. The lowest BCUT2D eigenvalue weighted by Crippen LogP contribution is -2.15. The molecule has 0 aliphatic rings. The summed E-state index contributed by atoms with van der Waals surface area (Å²) >= 11 is 0. The second-order valence-corrected chi connectivity index (χ2v) is 9.25. The zero-order chi connectivity index (χ0) is 22.8. The van der Waals surface area contributed by atoms with E-state index in [1.807, 2.05) is 0 Å². The third-order valence-corrected chi connectivity index (χ3v) is 6.20. The minimum Gasteiger partial charge on any atom is -0.465 e. The van der Waals surface area contributed by atoms with Crippen LogP contribution in [0.5, 0.6) is 0 Å². The van der Waals surface area contributed by atoms with Crippen LogP contribution in [0.2, 0.25) is 0 Å². The molecule has 0 fully saturated rings. The molecule has 31 heavy (non-hydrogen) atoms. The lowest BCUT2D eigenvalue weighted by atomic mass is 9.94. The molecule has 0 aliphatic heterocycles. The second kappa shape index (κ2) is 25.2. The van der Waals surface area contributed by atoms with Crippen molar-refractivity contribution in [3.63, 3.8) is 0 Å². The van der Waals surface area contributed by atoms with Crippen LogP contribution in [0.3, 0.4) is 0 Å². The molecule has 0 rings (SSSR count). The topological polar surface area (TPSA) is 55.4 Å². The first-order valence-electron chi connectivity index (χ1n) is 13.6. The Hall–Kier alpha value is -1.06. The fourth-order valence-electron chi connectivity index (χ4n) is 4.11. The van der Waals surface area contributed by atoms with Crippen LogP contribution in [0.1, 0.15) is 142 Å². The van der Waals surface area contributed by atoms with Crippen LogP contribution in [0.15, 0.2) is 0 Å². The third kappa shape index (κ3) is 23.4. The maximum Gasteiger partial charge on any atom is 0.305 e. The molecule has 0 aromatic rings. The fourth-order valence-corrected chi connectivity index (χ4v) is 4.11. The van der Waals surface area contributed by atoms with E-state index in [4.69, 9.17) is 4.74 Å². The number of amides is 1. The predicted molar refractivity (Wildman–Crippen MR) is 132 cm³/mol. The summed E-state index contributed by atoms with van der Waals surface area (Å²) in [7, 11) is 0. The van der Waals surface area contributed by atoms with Gasteiger partial charge < -0.3 is 10.1 Å². The fraction of sp³-hybridized carbons (Fsp3) is 0.926. The Labute approximate surface area is 193 Å². The average Bonchev–Trinajstić information content (AvgIpc) is 2.77. The molecular formula is C27H53NO3. The van der Waals surface area contributed by atoms with Crippen molar-refractivity contribution in [3.8, 4) is 0 Å². The summed E-state index contributed by atoms with van der Waals surface area (Å²) in [5.74, 6) is 0.485. The van der Waals surface area contributed by atoms with Gasteiger partial charge in [0, 0.05) is 13.0 Å². The normalized spacial score (nSPS) is 11.9. The summed E-state index contributed by atoms with van der Waals surface area (Å²) in [4.78, 5) is 22.3. The van der Waals surface area contributed by atoms with Crippen LogP contribution in [-0.4, -0.2) is 25.5 Å². The van der Waals surface area contributed by atoms with Crippen molar-refractivity contribution >= 4 is 12.4 Å². The Morgan fingerprint density at radius 1 is 0.710 bits per heavy atom. The third-order valence-electron chi connectivity index (χ3n) is 6.20.